The summed E-state index contributed by atoms with van der Waals surface area (Å²) in [7, 11) is 1.61. The number of thioether (sulfide) groups is 1. The highest BCUT2D eigenvalue weighted by Gasteiger charge is 2.12. The van der Waals surface area contributed by atoms with E-state index >= 15 is 0 Å². The summed E-state index contributed by atoms with van der Waals surface area (Å²) in [5.41, 5.74) is 7.56. The number of nitrogens with one attached hydrogen (secondary N) is 1. The number of thiazole rings is 1. The van der Waals surface area contributed by atoms with Gasteiger partial charge in [-0.25, -0.2) is 4.98 Å². The van der Waals surface area contributed by atoms with Crippen LogP contribution in [0.15, 0.2) is 28.6 Å². The van der Waals surface area contributed by atoms with E-state index in [1.807, 2.05) is 18.2 Å². The maximum absolute atomic E-state index is 11.2. The molecule has 0 saturated heterocycles. The minimum absolute atomic E-state index is 0.0388. The minimum Gasteiger partial charge on any atom is -0.389 e. The van der Waals surface area contributed by atoms with Crippen molar-refractivity contribution in [3.8, 4) is 11.3 Å². The Hall–Kier alpha value is -1.24. The van der Waals surface area contributed by atoms with Crippen LogP contribution in [0.4, 0.5) is 5.00 Å². The SMILES string of the molecule is CNC(=O)CSc1nc(-c2cccc(Cl)c2)c(N)s1. The van der Waals surface area contributed by atoms with Gasteiger partial charge in [0.05, 0.1) is 5.75 Å². The van der Waals surface area contributed by atoms with E-state index in [4.69, 9.17) is 17.3 Å². The van der Waals surface area contributed by atoms with Gasteiger partial charge in [-0.15, -0.1) is 0 Å². The van der Waals surface area contributed by atoms with Gasteiger partial charge in [0.1, 0.15) is 10.7 Å². The predicted molar refractivity (Wildman–Crippen MR) is 81.8 cm³/mol. The standard InChI is InChI=1S/C12H12ClN3OS2/c1-15-9(17)6-18-12-16-10(11(14)19-12)7-3-2-4-8(13)5-7/h2-5H,6,14H2,1H3,(H,15,17). The molecule has 100 valence electrons. The van der Waals surface area contributed by atoms with E-state index in [0.29, 0.717) is 21.5 Å². The van der Waals surface area contributed by atoms with Crippen molar-refractivity contribution in [2.75, 3.05) is 18.5 Å². The van der Waals surface area contributed by atoms with Gasteiger partial charge in [0, 0.05) is 17.6 Å². The van der Waals surface area contributed by atoms with Crippen LogP contribution in [0.3, 0.4) is 0 Å². The normalized spacial score (nSPS) is 10.4. The lowest BCUT2D eigenvalue weighted by molar-refractivity contribution is -0.118. The molecule has 0 radical (unpaired) electrons. The fraction of sp³-hybridized carbons (Fsp3) is 0.167. The van der Waals surface area contributed by atoms with Gasteiger partial charge < -0.3 is 11.1 Å². The second-order valence-corrected chi connectivity index (χ2v) is 6.35. The third-order valence-electron chi connectivity index (χ3n) is 2.34. The van der Waals surface area contributed by atoms with Crippen molar-refractivity contribution >= 4 is 45.6 Å². The van der Waals surface area contributed by atoms with Crippen LogP contribution >= 0.6 is 34.7 Å². The largest absolute Gasteiger partial charge is 0.389 e. The van der Waals surface area contributed by atoms with Gasteiger partial charge in [-0.2, -0.15) is 0 Å². The average molecular weight is 314 g/mol. The highest BCUT2D eigenvalue weighted by atomic mass is 35.5. The molecule has 0 saturated carbocycles. The van der Waals surface area contributed by atoms with Crippen LogP contribution in [0.5, 0.6) is 0 Å². The van der Waals surface area contributed by atoms with Gasteiger partial charge in [-0.3, -0.25) is 4.79 Å². The molecule has 2 rings (SSSR count). The molecule has 7 heteroatoms. The highest BCUT2D eigenvalue weighted by molar-refractivity contribution is 8.01. The zero-order chi connectivity index (χ0) is 13.8. The van der Waals surface area contributed by atoms with Crippen LogP contribution in [0.1, 0.15) is 0 Å². The number of hydrogen-bond donors (Lipinski definition) is 2. The number of nitrogen functional groups attached to an aromatic ring is 1. The molecule has 3 N–H and O–H groups in total. The summed E-state index contributed by atoms with van der Waals surface area (Å²) in [6.07, 6.45) is 0. The van der Waals surface area contributed by atoms with Gasteiger partial charge in [0.25, 0.3) is 0 Å². The van der Waals surface area contributed by atoms with E-state index in [9.17, 15) is 4.79 Å². The molecule has 0 aliphatic heterocycles. The molecular weight excluding hydrogens is 302 g/mol. The number of rotatable bonds is 4. The van der Waals surface area contributed by atoms with Gasteiger partial charge in [0.15, 0.2) is 4.34 Å². The molecule has 19 heavy (non-hydrogen) atoms. The summed E-state index contributed by atoms with van der Waals surface area (Å²) in [6.45, 7) is 0. The maximum Gasteiger partial charge on any atom is 0.230 e. The molecule has 0 atom stereocenters. The second kappa shape index (κ2) is 6.27. The van der Waals surface area contributed by atoms with Crippen molar-refractivity contribution in [1.82, 2.24) is 10.3 Å². The number of amides is 1. The van der Waals surface area contributed by atoms with Crippen LogP contribution in [0, 0.1) is 0 Å². The molecule has 1 amide bonds. The molecule has 0 aliphatic rings. The number of anilines is 1. The molecule has 1 aromatic heterocycles. The van der Waals surface area contributed by atoms with Crippen molar-refractivity contribution in [3.05, 3.63) is 29.3 Å². The van der Waals surface area contributed by atoms with Crippen LogP contribution in [-0.4, -0.2) is 23.7 Å². The summed E-state index contributed by atoms with van der Waals surface area (Å²) in [4.78, 5) is 15.6. The third kappa shape index (κ3) is 3.62. The lowest BCUT2D eigenvalue weighted by Crippen LogP contribution is -2.19. The number of nitrogens with two attached hydrogens (primary N) is 1. The Morgan fingerprint density at radius 2 is 2.37 bits per heavy atom. The Labute approximate surface area is 124 Å². The van der Waals surface area contributed by atoms with Crippen LogP contribution < -0.4 is 11.1 Å². The van der Waals surface area contributed by atoms with Crippen molar-refractivity contribution in [3.63, 3.8) is 0 Å². The van der Waals surface area contributed by atoms with Gasteiger partial charge in [-0.1, -0.05) is 46.8 Å². The van der Waals surface area contributed by atoms with Gasteiger partial charge in [-0.05, 0) is 12.1 Å². The number of carbonyl (C=O) groups is 1. The highest BCUT2D eigenvalue weighted by Crippen LogP contribution is 2.35. The van der Waals surface area contributed by atoms with Crippen molar-refractivity contribution in [1.29, 1.82) is 0 Å². The maximum atomic E-state index is 11.2. The van der Waals surface area contributed by atoms with Crippen molar-refractivity contribution < 1.29 is 4.79 Å². The first kappa shape index (κ1) is 14.2. The van der Waals surface area contributed by atoms with Crippen LogP contribution in [0.25, 0.3) is 11.3 Å². The number of hydrogen-bond acceptors (Lipinski definition) is 5. The topological polar surface area (TPSA) is 68.0 Å². The first-order chi connectivity index (χ1) is 9.10. The zero-order valence-corrected chi connectivity index (χ0v) is 12.5. The smallest absolute Gasteiger partial charge is 0.230 e. The first-order valence-corrected chi connectivity index (χ1v) is 7.64. The van der Waals surface area contributed by atoms with Crippen LogP contribution in [0.2, 0.25) is 5.02 Å². The van der Waals surface area contributed by atoms with E-state index in [0.717, 1.165) is 9.90 Å². The summed E-state index contributed by atoms with van der Waals surface area (Å²) < 4.78 is 0.774. The summed E-state index contributed by atoms with van der Waals surface area (Å²) in [6, 6.07) is 7.38. The molecule has 0 aliphatic carbocycles. The number of nitrogens with zero attached hydrogens (tertiary/aromatic N) is 1. The molecule has 2 aromatic rings. The molecule has 4 nitrogen and oxygen atoms in total. The molecule has 1 heterocycles. The summed E-state index contributed by atoms with van der Waals surface area (Å²) in [5.74, 6) is 0.293. The van der Waals surface area contributed by atoms with Gasteiger partial charge >= 0.3 is 0 Å². The molecule has 0 unspecified atom stereocenters. The van der Waals surface area contributed by atoms with E-state index in [1.54, 1.807) is 13.1 Å². The number of carbonyl (C=O) groups excluding carboxylic acids is 1. The minimum atomic E-state index is -0.0388. The Kier molecular flexibility index (Phi) is 4.68. The monoisotopic (exact) mass is 313 g/mol. The number of halogens is 1. The Morgan fingerprint density at radius 1 is 1.58 bits per heavy atom. The number of benzene rings is 1. The molecule has 0 fully saturated rings. The molecule has 0 bridgehead atoms. The third-order valence-corrected chi connectivity index (χ3v) is 4.60. The Bertz CT molecular complexity index is 600. The number of aromatic nitrogens is 1. The Morgan fingerprint density at radius 3 is 3.05 bits per heavy atom. The summed E-state index contributed by atoms with van der Waals surface area (Å²) >= 11 is 8.70. The average Bonchev–Trinajstić information content (AvgIpc) is 2.77. The lowest BCUT2D eigenvalue weighted by atomic mass is 10.2. The van der Waals surface area contributed by atoms with Crippen LogP contribution in [-0.2, 0) is 4.79 Å². The van der Waals surface area contributed by atoms with E-state index < -0.39 is 0 Å². The molecule has 1 aromatic carbocycles. The quantitative estimate of drug-likeness (QED) is 0.852. The fourth-order valence-corrected chi connectivity index (χ4v) is 3.43. The lowest BCUT2D eigenvalue weighted by Gasteiger charge is -1.98. The van der Waals surface area contributed by atoms with E-state index in [-0.39, 0.29) is 5.91 Å². The van der Waals surface area contributed by atoms with E-state index in [1.165, 1.54) is 23.1 Å². The molecule has 0 spiro atoms. The Balaban J connectivity index is 2.19. The zero-order valence-electron chi connectivity index (χ0n) is 10.1. The van der Waals surface area contributed by atoms with Gasteiger partial charge in [0.2, 0.25) is 5.91 Å². The van der Waals surface area contributed by atoms with Crippen molar-refractivity contribution in [2.45, 2.75) is 4.34 Å². The summed E-state index contributed by atoms with van der Waals surface area (Å²) in [5, 5.41) is 3.83. The molecular formula is C12H12ClN3OS2. The fourth-order valence-electron chi connectivity index (χ4n) is 1.42. The first-order valence-electron chi connectivity index (χ1n) is 5.45. The second-order valence-electron chi connectivity index (χ2n) is 3.66. The van der Waals surface area contributed by atoms with Crippen molar-refractivity contribution in [2.24, 2.45) is 0 Å². The predicted octanol–water partition coefficient (Wildman–Crippen LogP) is 2.88. The van der Waals surface area contributed by atoms with E-state index in [2.05, 4.69) is 10.3 Å².